The highest BCUT2D eigenvalue weighted by Crippen LogP contribution is 2.34. The van der Waals surface area contributed by atoms with Crippen molar-refractivity contribution in [2.24, 2.45) is 0 Å². The van der Waals surface area contributed by atoms with E-state index in [1.54, 1.807) is 13.4 Å². The largest absolute Gasteiger partial charge is 0.497 e. The molecule has 0 bridgehead atoms. The van der Waals surface area contributed by atoms with Crippen LogP contribution in [0.15, 0.2) is 47.1 Å². The quantitative estimate of drug-likeness (QED) is 0.756. The lowest BCUT2D eigenvalue weighted by Gasteiger charge is -2.37. The Kier molecular flexibility index (Phi) is 4.35. The van der Waals surface area contributed by atoms with E-state index in [9.17, 15) is 0 Å². The fourth-order valence-corrected chi connectivity index (χ4v) is 2.26. The molecular weight excluding hydrogens is 254 g/mol. The van der Waals surface area contributed by atoms with Crippen LogP contribution in [0.25, 0.3) is 0 Å². The molecule has 0 aliphatic rings. The van der Waals surface area contributed by atoms with E-state index in [0.717, 1.165) is 23.7 Å². The average Bonchev–Trinajstić information content (AvgIpc) is 2.99. The van der Waals surface area contributed by atoms with Crippen LogP contribution in [-0.4, -0.2) is 26.1 Å². The molecule has 108 valence electrons. The summed E-state index contributed by atoms with van der Waals surface area (Å²) < 4.78 is 17.0. The van der Waals surface area contributed by atoms with Crippen molar-refractivity contribution >= 4 is 0 Å². The molecule has 20 heavy (non-hydrogen) atoms. The standard InChI is InChI=1S/C16H21NO3/c1-5-16(17(2)3,15-7-6-12-19-15)20-14-10-8-13(18-4)9-11-14/h6-12H,5H2,1-4H3. The van der Waals surface area contributed by atoms with E-state index in [2.05, 4.69) is 6.92 Å². The second kappa shape index (κ2) is 6.01. The van der Waals surface area contributed by atoms with Gasteiger partial charge in [-0.2, -0.15) is 0 Å². The summed E-state index contributed by atoms with van der Waals surface area (Å²) in [5.74, 6) is 2.38. The van der Waals surface area contributed by atoms with Crippen molar-refractivity contribution in [1.82, 2.24) is 4.90 Å². The number of hydrogen-bond donors (Lipinski definition) is 0. The molecule has 0 aliphatic carbocycles. The molecule has 0 amide bonds. The van der Waals surface area contributed by atoms with Crippen LogP contribution in [-0.2, 0) is 5.72 Å². The number of furan rings is 1. The van der Waals surface area contributed by atoms with Crippen LogP contribution in [0.3, 0.4) is 0 Å². The van der Waals surface area contributed by atoms with E-state index in [4.69, 9.17) is 13.9 Å². The average molecular weight is 275 g/mol. The predicted octanol–water partition coefficient (Wildman–Crippen LogP) is 3.49. The van der Waals surface area contributed by atoms with E-state index >= 15 is 0 Å². The van der Waals surface area contributed by atoms with Gasteiger partial charge in [-0.25, -0.2) is 0 Å². The van der Waals surface area contributed by atoms with Crippen molar-refractivity contribution in [2.45, 2.75) is 19.1 Å². The third-order valence-corrected chi connectivity index (χ3v) is 3.45. The van der Waals surface area contributed by atoms with Gasteiger partial charge in [-0.1, -0.05) is 6.92 Å². The highest BCUT2D eigenvalue weighted by Gasteiger charge is 2.38. The molecule has 0 aliphatic heterocycles. The molecule has 1 aromatic heterocycles. The Hall–Kier alpha value is -1.94. The van der Waals surface area contributed by atoms with Crippen molar-refractivity contribution in [2.75, 3.05) is 21.2 Å². The summed E-state index contributed by atoms with van der Waals surface area (Å²) >= 11 is 0. The van der Waals surface area contributed by atoms with Crippen LogP contribution >= 0.6 is 0 Å². The minimum Gasteiger partial charge on any atom is -0.497 e. The highest BCUT2D eigenvalue weighted by molar-refractivity contribution is 5.32. The summed E-state index contributed by atoms with van der Waals surface area (Å²) in [6, 6.07) is 11.4. The molecule has 1 atom stereocenters. The Bertz CT molecular complexity index is 519. The van der Waals surface area contributed by atoms with Crippen LogP contribution in [0.5, 0.6) is 11.5 Å². The third-order valence-electron chi connectivity index (χ3n) is 3.45. The van der Waals surface area contributed by atoms with Crippen molar-refractivity contribution in [3.05, 3.63) is 48.4 Å². The lowest BCUT2D eigenvalue weighted by Crippen LogP contribution is -2.45. The van der Waals surface area contributed by atoms with Gasteiger partial charge in [0.05, 0.1) is 13.4 Å². The molecule has 1 aromatic carbocycles. The van der Waals surface area contributed by atoms with Crippen molar-refractivity contribution < 1.29 is 13.9 Å². The predicted molar refractivity (Wildman–Crippen MR) is 78.0 cm³/mol. The Morgan fingerprint density at radius 2 is 1.75 bits per heavy atom. The van der Waals surface area contributed by atoms with Gasteiger partial charge in [0.15, 0.2) is 5.76 Å². The first-order chi connectivity index (χ1) is 9.62. The summed E-state index contributed by atoms with van der Waals surface area (Å²) in [5, 5.41) is 0. The normalized spacial score (nSPS) is 14.1. The monoisotopic (exact) mass is 275 g/mol. The van der Waals surface area contributed by atoms with Gasteiger partial charge >= 0.3 is 0 Å². The van der Waals surface area contributed by atoms with E-state index in [1.807, 2.05) is 55.4 Å². The third kappa shape index (κ3) is 2.65. The fourth-order valence-electron chi connectivity index (χ4n) is 2.26. The number of ether oxygens (including phenoxy) is 2. The van der Waals surface area contributed by atoms with Gasteiger partial charge in [-0.3, -0.25) is 4.90 Å². The fraction of sp³-hybridized carbons (Fsp3) is 0.375. The Morgan fingerprint density at radius 1 is 1.10 bits per heavy atom. The molecule has 0 spiro atoms. The summed E-state index contributed by atoms with van der Waals surface area (Å²) in [4.78, 5) is 2.02. The maximum Gasteiger partial charge on any atom is 0.221 e. The van der Waals surface area contributed by atoms with Crippen LogP contribution in [0.4, 0.5) is 0 Å². The van der Waals surface area contributed by atoms with Crippen molar-refractivity contribution in [3.63, 3.8) is 0 Å². The van der Waals surface area contributed by atoms with Crippen LogP contribution < -0.4 is 9.47 Å². The summed E-state index contributed by atoms with van der Waals surface area (Å²) in [5.41, 5.74) is -0.613. The minimum atomic E-state index is -0.613. The number of nitrogens with zero attached hydrogens (tertiary/aromatic N) is 1. The molecule has 0 radical (unpaired) electrons. The van der Waals surface area contributed by atoms with Gasteiger partial charge in [-0.05, 0) is 50.5 Å². The SMILES string of the molecule is CCC(Oc1ccc(OC)cc1)(c1ccco1)N(C)C. The van der Waals surface area contributed by atoms with Gasteiger partial charge in [0.25, 0.3) is 0 Å². The lowest BCUT2D eigenvalue weighted by molar-refractivity contribution is -0.0835. The first-order valence-corrected chi connectivity index (χ1v) is 6.67. The van der Waals surface area contributed by atoms with E-state index < -0.39 is 5.72 Å². The first kappa shape index (κ1) is 14.5. The second-order valence-electron chi connectivity index (χ2n) is 4.79. The molecule has 2 rings (SSSR count). The zero-order valence-electron chi connectivity index (χ0n) is 12.4. The van der Waals surface area contributed by atoms with Crippen LogP contribution in [0.2, 0.25) is 0 Å². The molecular formula is C16H21NO3. The zero-order valence-corrected chi connectivity index (χ0v) is 12.4. The zero-order chi connectivity index (χ0) is 14.6. The highest BCUT2D eigenvalue weighted by atomic mass is 16.5. The van der Waals surface area contributed by atoms with Gasteiger partial charge in [0, 0.05) is 6.42 Å². The van der Waals surface area contributed by atoms with Crippen molar-refractivity contribution in [3.8, 4) is 11.5 Å². The molecule has 0 fully saturated rings. The first-order valence-electron chi connectivity index (χ1n) is 6.67. The van der Waals surface area contributed by atoms with E-state index in [-0.39, 0.29) is 0 Å². The Morgan fingerprint density at radius 3 is 2.20 bits per heavy atom. The molecule has 0 saturated heterocycles. The minimum absolute atomic E-state index is 0.613. The summed E-state index contributed by atoms with van der Waals surface area (Å²) in [6.45, 7) is 2.08. The number of methoxy groups -OCH3 is 1. The van der Waals surface area contributed by atoms with Crippen LogP contribution in [0, 0.1) is 0 Å². The van der Waals surface area contributed by atoms with Gasteiger partial charge < -0.3 is 13.9 Å². The van der Waals surface area contributed by atoms with Crippen molar-refractivity contribution in [1.29, 1.82) is 0 Å². The molecule has 0 N–H and O–H groups in total. The summed E-state index contributed by atoms with van der Waals surface area (Å²) in [6.07, 6.45) is 2.43. The maximum atomic E-state index is 6.23. The van der Waals surface area contributed by atoms with Gasteiger partial charge in [0.2, 0.25) is 5.72 Å². The van der Waals surface area contributed by atoms with Gasteiger partial charge in [-0.15, -0.1) is 0 Å². The number of hydrogen-bond acceptors (Lipinski definition) is 4. The van der Waals surface area contributed by atoms with E-state index in [1.165, 1.54) is 0 Å². The molecule has 1 unspecified atom stereocenters. The molecule has 2 aromatic rings. The molecule has 0 saturated carbocycles. The topological polar surface area (TPSA) is 34.8 Å². The summed E-state index contributed by atoms with van der Waals surface area (Å²) in [7, 11) is 5.61. The lowest BCUT2D eigenvalue weighted by atomic mass is 10.1. The Balaban J connectivity index is 2.32. The second-order valence-corrected chi connectivity index (χ2v) is 4.79. The van der Waals surface area contributed by atoms with Gasteiger partial charge in [0.1, 0.15) is 11.5 Å². The molecule has 4 heteroatoms. The Labute approximate surface area is 119 Å². The van der Waals surface area contributed by atoms with Crippen LogP contribution in [0.1, 0.15) is 19.1 Å². The van der Waals surface area contributed by atoms with E-state index in [0.29, 0.717) is 0 Å². The number of benzene rings is 1. The molecule has 1 heterocycles. The smallest absolute Gasteiger partial charge is 0.221 e. The number of rotatable bonds is 6. The maximum absolute atomic E-state index is 6.23. The molecule has 4 nitrogen and oxygen atoms in total.